The van der Waals surface area contributed by atoms with E-state index in [-0.39, 0.29) is 18.6 Å². The number of thioether (sulfide) groups is 1. The van der Waals surface area contributed by atoms with Crippen molar-refractivity contribution >= 4 is 23.8 Å². The Morgan fingerprint density at radius 1 is 1.08 bits per heavy atom. The van der Waals surface area contributed by atoms with Crippen molar-refractivity contribution in [2.75, 3.05) is 11.5 Å². The van der Waals surface area contributed by atoms with Crippen molar-refractivity contribution < 1.29 is 14.3 Å². The monoisotopic (exact) mass is 356 g/mol. The number of rotatable bonds is 4. The van der Waals surface area contributed by atoms with Gasteiger partial charge in [0.25, 0.3) is 0 Å². The lowest BCUT2D eigenvalue weighted by atomic mass is 10.1. The molecule has 0 radical (unpaired) electrons. The Morgan fingerprint density at radius 2 is 1.76 bits per heavy atom. The first-order valence-electron chi connectivity index (χ1n) is 8.12. The fourth-order valence-electron chi connectivity index (χ4n) is 2.57. The predicted molar refractivity (Wildman–Crippen MR) is 98.2 cm³/mol. The van der Waals surface area contributed by atoms with E-state index >= 15 is 0 Å². The van der Waals surface area contributed by atoms with Crippen LogP contribution in [0.15, 0.2) is 60.7 Å². The molecule has 0 spiro atoms. The Bertz CT molecular complexity index is 709. The van der Waals surface area contributed by atoms with Crippen LogP contribution in [-0.2, 0) is 16.1 Å². The lowest BCUT2D eigenvalue weighted by molar-refractivity contribution is -0.123. The molecule has 0 aromatic heterocycles. The number of benzene rings is 2. The minimum atomic E-state index is -0.595. The van der Waals surface area contributed by atoms with Crippen LogP contribution < -0.4 is 10.6 Å². The van der Waals surface area contributed by atoms with Crippen LogP contribution in [0.3, 0.4) is 0 Å². The number of amides is 2. The molecule has 2 aromatic carbocycles. The van der Waals surface area contributed by atoms with Gasteiger partial charge in [-0.15, -0.1) is 0 Å². The number of carbonyl (C=O) groups excluding carboxylic acids is 2. The molecule has 3 rings (SSSR count). The van der Waals surface area contributed by atoms with Gasteiger partial charge in [0.15, 0.2) is 0 Å². The van der Waals surface area contributed by atoms with Gasteiger partial charge in [-0.25, -0.2) is 4.79 Å². The van der Waals surface area contributed by atoms with Gasteiger partial charge in [0.2, 0.25) is 5.91 Å². The molecule has 1 saturated heterocycles. The Labute approximate surface area is 151 Å². The second-order valence-electron chi connectivity index (χ2n) is 5.77. The van der Waals surface area contributed by atoms with Crippen molar-refractivity contribution in [1.29, 1.82) is 0 Å². The van der Waals surface area contributed by atoms with E-state index in [1.807, 2.05) is 60.7 Å². The van der Waals surface area contributed by atoms with E-state index in [9.17, 15) is 9.59 Å². The molecule has 1 heterocycles. The van der Waals surface area contributed by atoms with E-state index in [1.54, 1.807) is 11.8 Å². The smallest absolute Gasteiger partial charge is 0.408 e. The molecule has 1 fully saturated rings. The van der Waals surface area contributed by atoms with Gasteiger partial charge >= 0.3 is 6.09 Å². The molecule has 0 saturated carbocycles. The van der Waals surface area contributed by atoms with E-state index in [0.29, 0.717) is 5.75 Å². The molecular weight excluding hydrogens is 336 g/mol. The first-order chi connectivity index (χ1) is 12.2. The molecule has 2 amide bonds. The van der Waals surface area contributed by atoms with E-state index in [2.05, 4.69) is 10.6 Å². The molecule has 1 aliphatic rings. The van der Waals surface area contributed by atoms with Crippen molar-refractivity contribution in [3.8, 4) is 0 Å². The Morgan fingerprint density at radius 3 is 2.48 bits per heavy atom. The Kier molecular flexibility index (Phi) is 5.95. The summed E-state index contributed by atoms with van der Waals surface area (Å²) in [5.41, 5.74) is 1.97. The maximum Gasteiger partial charge on any atom is 0.408 e. The Hall–Kier alpha value is -2.47. The van der Waals surface area contributed by atoms with Crippen LogP contribution in [0, 0.1) is 0 Å². The number of hydrogen-bond donors (Lipinski definition) is 2. The minimum Gasteiger partial charge on any atom is -0.445 e. The first kappa shape index (κ1) is 17.4. The third kappa shape index (κ3) is 5.00. The van der Waals surface area contributed by atoms with E-state index in [0.717, 1.165) is 16.9 Å². The fourth-order valence-corrected chi connectivity index (χ4v) is 3.69. The summed E-state index contributed by atoms with van der Waals surface area (Å²) in [4.78, 5) is 24.4. The molecule has 2 atom stereocenters. The number of hydrogen-bond acceptors (Lipinski definition) is 4. The van der Waals surface area contributed by atoms with Crippen LogP contribution in [0.5, 0.6) is 0 Å². The topological polar surface area (TPSA) is 67.4 Å². The van der Waals surface area contributed by atoms with Crippen LogP contribution >= 0.6 is 11.8 Å². The highest BCUT2D eigenvalue weighted by molar-refractivity contribution is 7.99. The summed E-state index contributed by atoms with van der Waals surface area (Å²) >= 11 is 1.63. The number of ether oxygens (including phenoxy) is 1. The molecule has 5 nitrogen and oxygen atoms in total. The summed E-state index contributed by atoms with van der Waals surface area (Å²) in [6.07, 6.45) is -0.581. The highest BCUT2D eigenvalue weighted by Gasteiger charge is 2.28. The second-order valence-corrected chi connectivity index (χ2v) is 6.84. The summed E-state index contributed by atoms with van der Waals surface area (Å²) in [5, 5.41) is 5.65. The van der Waals surface area contributed by atoms with Gasteiger partial charge in [-0.05, 0) is 11.1 Å². The molecule has 0 unspecified atom stereocenters. The van der Waals surface area contributed by atoms with Gasteiger partial charge < -0.3 is 15.4 Å². The summed E-state index contributed by atoms with van der Waals surface area (Å²) < 4.78 is 5.19. The second kappa shape index (κ2) is 8.58. The predicted octanol–water partition coefficient (Wildman–Crippen LogP) is 2.89. The minimum absolute atomic E-state index is 0.0501. The highest BCUT2D eigenvalue weighted by atomic mass is 32.2. The fraction of sp³-hybridized carbons (Fsp3) is 0.263. The zero-order valence-electron chi connectivity index (χ0n) is 13.7. The average Bonchev–Trinajstić information content (AvgIpc) is 2.83. The van der Waals surface area contributed by atoms with E-state index < -0.39 is 12.1 Å². The molecule has 1 aliphatic heterocycles. The third-order valence-corrected chi connectivity index (χ3v) is 5.05. The first-order valence-corrected chi connectivity index (χ1v) is 9.28. The number of alkyl carbamates (subject to hydrolysis) is 1. The van der Waals surface area contributed by atoms with Crippen LogP contribution in [-0.4, -0.2) is 29.5 Å². The maximum atomic E-state index is 12.4. The van der Waals surface area contributed by atoms with Crippen molar-refractivity contribution in [3.63, 3.8) is 0 Å². The van der Waals surface area contributed by atoms with Gasteiger partial charge in [0, 0.05) is 11.5 Å². The van der Waals surface area contributed by atoms with Gasteiger partial charge in [-0.1, -0.05) is 60.7 Å². The van der Waals surface area contributed by atoms with E-state index in [1.165, 1.54) is 0 Å². The molecule has 0 bridgehead atoms. The standard InChI is InChI=1S/C19H20N2O3S/c22-18-17(21-19(23)24-11-14-7-3-1-4-8-14)13-25-12-16(20-18)15-9-5-2-6-10-15/h1-10,16-17H,11-13H2,(H,20,22)(H,21,23)/t16-,17-/m0/s1. The quantitative estimate of drug-likeness (QED) is 0.884. The maximum absolute atomic E-state index is 12.4. The van der Waals surface area contributed by atoms with Crippen LogP contribution in [0.4, 0.5) is 4.79 Å². The van der Waals surface area contributed by atoms with Gasteiger partial charge in [-0.2, -0.15) is 11.8 Å². The largest absolute Gasteiger partial charge is 0.445 e. The van der Waals surface area contributed by atoms with Gasteiger partial charge in [-0.3, -0.25) is 4.79 Å². The summed E-state index contributed by atoms with van der Waals surface area (Å²) in [6, 6.07) is 18.6. The molecule has 25 heavy (non-hydrogen) atoms. The third-order valence-electron chi connectivity index (χ3n) is 3.91. The van der Waals surface area contributed by atoms with Crippen molar-refractivity contribution in [2.45, 2.75) is 18.7 Å². The summed E-state index contributed by atoms with van der Waals surface area (Å²) in [6.45, 7) is 0.181. The van der Waals surface area contributed by atoms with Crippen molar-refractivity contribution in [2.24, 2.45) is 0 Å². The lowest BCUT2D eigenvalue weighted by Crippen LogP contribution is -2.47. The van der Waals surface area contributed by atoms with Gasteiger partial charge in [0.05, 0.1) is 6.04 Å². The highest BCUT2D eigenvalue weighted by Crippen LogP contribution is 2.22. The van der Waals surface area contributed by atoms with Crippen molar-refractivity contribution in [1.82, 2.24) is 10.6 Å². The molecular formula is C19H20N2O3S. The van der Waals surface area contributed by atoms with Gasteiger partial charge in [0.1, 0.15) is 12.6 Å². The van der Waals surface area contributed by atoms with E-state index in [4.69, 9.17) is 4.74 Å². The normalized spacial score (nSPS) is 20.2. The number of nitrogens with one attached hydrogen (secondary N) is 2. The average molecular weight is 356 g/mol. The molecule has 2 N–H and O–H groups in total. The Balaban J connectivity index is 1.52. The number of carbonyl (C=O) groups is 2. The SMILES string of the molecule is O=C(N[C@H]1CSC[C@@H](c2ccccc2)NC1=O)OCc1ccccc1. The zero-order chi connectivity index (χ0) is 17.5. The zero-order valence-corrected chi connectivity index (χ0v) is 14.5. The van der Waals surface area contributed by atoms with Crippen molar-refractivity contribution in [3.05, 3.63) is 71.8 Å². The molecule has 130 valence electrons. The lowest BCUT2D eigenvalue weighted by Gasteiger charge is -2.18. The molecule has 6 heteroatoms. The van der Waals surface area contributed by atoms with Crippen LogP contribution in [0.2, 0.25) is 0 Å². The van der Waals surface area contributed by atoms with Crippen LogP contribution in [0.1, 0.15) is 17.2 Å². The summed E-state index contributed by atoms with van der Waals surface area (Å²) in [7, 11) is 0. The molecule has 0 aliphatic carbocycles. The van der Waals surface area contributed by atoms with Crippen LogP contribution in [0.25, 0.3) is 0 Å². The molecule has 2 aromatic rings. The summed E-state index contributed by atoms with van der Waals surface area (Å²) in [5.74, 6) is 1.11.